The van der Waals surface area contributed by atoms with Crippen LogP contribution in [0.4, 0.5) is 4.39 Å². The number of nitrogens with two attached hydrogens (primary N) is 3. The summed E-state index contributed by atoms with van der Waals surface area (Å²) in [7, 11) is 0. The highest BCUT2D eigenvalue weighted by Crippen LogP contribution is 2.18. The van der Waals surface area contributed by atoms with Crippen molar-refractivity contribution in [3.63, 3.8) is 0 Å². The monoisotopic (exact) mass is 213 g/mol. The highest BCUT2D eigenvalue weighted by molar-refractivity contribution is 8.00. The van der Waals surface area contributed by atoms with E-state index in [1.165, 1.54) is 12.1 Å². The first-order valence-electron chi connectivity index (χ1n) is 3.99. The quantitative estimate of drug-likeness (QED) is 0.658. The van der Waals surface area contributed by atoms with E-state index < -0.39 is 0 Å². The van der Waals surface area contributed by atoms with Gasteiger partial charge in [-0.05, 0) is 17.7 Å². The molecular weight excluding hydrogens is 201 g/mol. The van der Waals surface area contributed by atoms with Gasteiger partial charge in [0.1, 0.15) is 5.82 Å². The molecule has 0 unspecified atom stereocenters. The predicted molar refractivity (Wildman–Crippen MR) is 58.2 cm³/mol. The van der Waals surface area contributed by atoms with Gasteiger partial charge in [-0.25, -0.2) is 4.39 Å². The molecule has 0 aliphatic rings. The van der Waals surface area contributed by atoms with Gasteiger partial charge in [0.15, 0.2) is 0 Å². The van der Waals surface area contributed by atoms with Crippen LogP contribution in [0.3, 0.4) is 0 Å². The highest BCUT2D eigenvalue weighted by Gasteiger charge is 2.04. The van der Waals surface area contributed by atoms with Gasteiger partial charge in [0.05, 0.1) is 0 Å². The molecule has 0 aliphatic heterocycles. The molecule has 1 rings (SSSR count). The Balaban J connectivity index is 3.16. The van der Waals surface area contributed by atoms with Gasteiger partial charge in [-0.3, -0.25) is 5.14 Å². The Morgan fingerprint density at radius 2 is 2.21 bits per heavy atom. The summed E-state index contributed by atoms with van der Waals surface area (Å²) in [6, 6.07) is 4.32. The van der Waals surface area contributed by atoms with Crippen LogP contribution in [0.1, 0.15) is 11.1 Å². The van der Waals surface area contributed by atoms with Crippen LogP contribution in [0.25, 0.3) is 5.70 Å². The minimum Gasteiger partial charge on any atom is -0.398 e. The van der Waals surface area contributed by atoms with E-state index in [2.05, 4.69) is 0 Å². The standard InChI is InChI=1S/C9H12FN3S/c10-7-2-1-6(4-11)8(3-7)9(12)5-14-13/h1-3,5H,4,11-13H2/b9-5-. The molecule has 0 heterocycles. The molecule has 0 bridgehead atoms. The Labute approximate surface area is 86.3 Å². The number of hydrogen-bond acceptors (Lipinski definition) is 4. The summed E-state index contributed by atoms with van der Waals surface area (Å²) in [5, 5.41) is 6.78. The van der Waals surface area contributed by atoms with E-state index in [4.69, 9.17) is 16.6 Å². The van der Waals surface area contributed by atoms with E-state index in [0.717, 1.165) is 17.5 Å². The van der Waals surface area contributed by atoms with Crippen LogP contribution < -0.4 is 16.6 Å². The molecule has 0 atom stereocenters. The second-order valence-electron chi connectivity index (χ2n) is 2.71. The van der Waals surface area contributed by atoms with Crippen LogP contribution in [0.15, 0.2) is 23.6 Å². The van der Waals surface area contributed by atoms with Crippen molar-refractivity contribution in [2.75, 3.05) is 0 Å². The topological polar surface area (TPSA) is 78.1 Å². The molecule has 0 spiro atoms. The largest absolute Gasteiger partial charge is 0.398 e. The summed E-state index contributed by atoms with van der Waals surface area (Å²) < 4.78 is 12.9. The van der Waals surface area contributed by atoms with Crippen LogP contribution in [-0.4, -0.2) is 0 Å². The maximum absolute atomic E-state index is 12.9. The van der Waals surface area contributed by atoms with Gasteiger partial charge in [0.25, 0.3) is 0 Å². The zero-order valence-corrected chi connectivity index (χ0v) is 8.35. The van der Waals surface area contributed by atoms with Crippen molar-refractivity contribution in [3.8, 4) is 0 Å². The molecular formula is C9H12FN3S. The Bertz CT molecular complexity index is 352. The molecule has 0 aromatic heterocycles. The van der Waals surface area contributed by atoms with E-state index in [-0.39, 0.29) is 5.82 Å². The van der Waals surface area contributed by atoms with Crippen molar-refractivity contribution >= 4 is 17.6 Å². The summed E-state index contributed by atoms with van der Waals surface area (Å²) in [5.74, 6) is -0.337. The molecule has 0 aliphatic carbocycles. The summed E-state index contributed by atoms with van der Waals surface area (Å²) in [6.07, 6.45) is 0. The summed E-state index contributed by atoms with van der Waals surface area (Å²) in [6.45, 7) is 0.319. The average Bonchev–Trinajstić information content (AvgIpc) is 2.18. The lowest BCUT2D eigenvalue weighted by Crippen LogP contribution is -2.05. The normalized spacial score (nSPS) is 11.8. The van der Waals surface area contributed by atoms with Crippen LogP contribution in [0, 0.1) is 5.82 Å². The molecule has 0 saturated carbocycles. The SMILES string of the molecule is NCc1ccc(F)cc1/C(N)=C/SN. The van der Waals surface area contributed by atoms with Crippen molar-refractivity contribution in [1.29, 1.82) is 0 Å². The third-order valence-electron chi connectivity index (χ3n) is 1.80. The fourth-order valence-corrected chi connectivity index (χ4v) is 1.41. The smallest absolute Gasteiger partial charge is 0.123 e. The van der Waals surface area contributed by atoms with Crippen molar-refractivity contribution in [2.24, 2.45) is 16.6 Å². The highest BCUT2D eigenvalue weighted by atomic mass is 32.2. The minimum atomic E-state index is -0.337. The van der Waals surface area contributed by atoms with Crippen molar-refractivity contribution in [2.45, 2.75) is 6.54 Å². The van der Waals surface area contributed by atoms with Gasteiger partial charge in [-0.2, -0.15) is 0 Å². The first-order valence-corrected chi connectivity index (χ1v) is 4.93. The van der Waals surface area contributed by atoms with E-state index in [1.807, 2.05) is 0 Å². The minimum absolute atomic E-state index is 0.319. The third kappa shape index (κ3) is 2.47. The van der Waals surface area contributed by atoms with E-state index in [9.17, 15) is 4.39 Å². The van der Waals surface area contributed by atoms with E-state index >= 15 is 0 Å². The zero-order valence-electron chi connectivity index (χ0n) is 7.53. The lowest BCUT2D eigenvalue weighted by Gasteiger charge is -2.07. The van der Waals surface area contributed by atoms with Gasteiger partial charge >= 0.3 is 0 Å². The summed E-state index contributed by atoms with van der Waals surface area (Å²) >= 11 is 0.979. The van der Waals surface area contributed by atoms with Crippen molar-refractivity contribution in [1.82, 2.24) is 0 Å². The molecule has 5 heteroatoms. The second kappa shape index (κ2) is 4.99. The molecule has 14 heavy (non-hydrogen) atoms. The first kappa shape index (κ1) is 11.0. The van der Waals surface area contributed by atoms with Gasteiger partial charge < -0.3 is 11.5 Å². The number of rotatable bonds is 3. The molecule has 1 aromatic carbocycles. The summed E-state index contributed by atoms with van der Waals surface area (Å²) in [5.41, 5.74) is 13.0. The predicted octanol–water partition coefficient (Wildman–Crippen LogP) is 1.15. The van der Waals surface area contributed by atoms with Gasteiger partial charge in [-0.15, -0.1) is 0 Å². The van der Waals surface area contributed by atoms with E-state index in [1.54, 1.807) is 11.5 Å². The van der Waals surface area contributed by atoms with Crippen LogP contribution in [0.5, 0.6) is 0 Å². The Hall–Kier alpha value is -1.04. The van der Waals surface area contributed by atoms with Crippen LogP contribution in [-0.2, 0) is 6.54 Å². The van der Waals surface area contributed by atoms with Crippen molar-refractivity contribution in [3.05, 3.63) is 40.6 Å². The lowest BCUT2D eigenvalue weighted by molar-refractivity contribution is 0.626. The van der Waals surface area contributed by atoms with Gasteiger partial charge in [0, 0.05) is 23.2 Å². The molecule has 0 amide bonds. The number of hydrogen-bond donors (Lipinski definition) is 3. The summed E-state index contributed by atoms with van der Waals surface area (Å²) in [4.78, 5) is 0. The average molecular weight is 213 g/mol. The second-order valence-corrected chi connectivity index (χ2v) is 3.22. The molecule has 0 radical (unpaired) electrons. The number of benzene rings is 1. The maximum Gasteiger partial charge on any atom is 0.123 e. The van der Waals surface area contributed by atoms with Gasteiger partial charge in [0.2, 0.25) is 0 Å². The Morgan fingerprint density at radius 3 is 2.79 bits per heavy atom. The number of halogens is 1. The molecule has 0 saturated heterocycles. The zero-order chi connectivity index (χ0) is 10.6. The molecule has 1 aromatic rings. The molecule has 6 N–H and O–H groups in total. The Morgan fingerprint density at radius 1 is 1.50 bits per heavy atom. The lowest BCUT2D eigenvalue weighted by atomic mass is 10.1. The first-order chi connectivity index (χ1) is 6.69. The molecule has 0 fully saturated rings. The fourth-order valence-electron chi connectivity index (χ4n) is 1.13. The van der Waals surface area contributed by atoms with E-state index in [0.29, 0.717) is 17.8 Å². The molecule has 76 valence electrons. The fraction of sp³-hybridized carbons (Fsp3) is 0.111. The van der Waals surface area contributed by atoms with Gasteiger partial charge in [-0.1, -0.05) is 18.0 Å². The Kier molecular flexibility index (Phi) is 3.94. The molecule has 3 nitrogen and oxygen atoms in total. The third-order valence-corrected chi connectivity index (χ3v) is 2.19. The maximum atomic E-state index is 12.9. The van der Waals surface area contributed by atoms with Crippen LogP contribution >= 0.6 is 11.9 Å². The van der Waals surface area contributed by atoms with Crippen molar-refractivity contribution < 1.29 is 4.39 Å². The van der Waals surface area contributed by atoms with Crippen LogP contribution in [0.2, 0.25) is 0 Å².